The van der Waals surface area contributed by atoms with Crippen molar-refractivity contribution in [2.24, 2.45) is 11.8 Å². The smallest absolute Gasteiger partial charge is 0.0575 e. The minimum absolute atomic E-state index is 0.549. The summed E-state index contributed by atoms with van der Waals surface area (Å²) in [5.41, 5.74) is 0. The SMILES string of the molecule is CCC1CCCCC1C(CCC1CCCCO1)NC. The van der Waals surface area contributed by atoms with Crippen molar-refractivity contribution >= 4 is 0 Å². The predicted molar refractivity (Wildman–Crippen MR) is 81.4 cm³/mol. The highest BCUT2D eigenvalue weighted by Gasteiger charge is 2.30. The molecule has 2 rings (SSSR count). The van der Waals surface area contributed by atoms with Crippen molar-refractivity contribution < 1.29 is 4.74 Å². The van der Waals surface area contributed by atoms with Gasteiger partial charge in [-0.15, -0.1) is 0 Å². The normalized spacial score (nSPS) is 34.1. The van der Waals surface area contributed by atoms with Gasteiger partial charge < -0.3 is 10.1 Å². The monoisotopic (exact) mass is 267 g/mol. The number of hydrogen-bond acceptors (Lipinski definition) is 2. The molecule has 2 fully saturated rings. The van der Waals surface area contributed by atoms with Crippen LogP contribution in [0.1, 0.15) is 71.1 Å². The molecule has 2 aliphatic rings. The highest BCUT2D eigenvalue weighted by Crippen LogP contribution is 2.36. The first kappa shape index (κ1) is 15.3. The number of nitrogens with one attached hydrogen (secondary N) is 1. The van der Waals surface area contributed by atoms with Crippen LogP contribution in [0.25, 0.3) is 0 Å². The van der Waals surface area contributed by atoms with Gasteiger partial charge in [0.25, 0.3) is 0 Å². The van der Waals surface area contributed by atoms with Gasteiger partial charge in [-0.1, -0.05) is 32.6 Å². The summed E-state index contributed by atoms with van der Waals surface area (Å²) in [6.45, 7) is 3.37. The standard InChI is InChI=1S/C17H33NO/c1-3-14-8-4-5-10-16(14)17(18-2)12-11-15-9-6-7-13-19-15/h14-18H,3-13H2,1-2H3. The molecule has 4 unspecified atom stereocenters. The maximum absolute atomic E-state index is 5.89. The van der Waals surface area contributed by atoms with Gasteiger partial charge in [0.05, 0.1) is 6.10 Å². The molecule has 2 heteroatoms. The molecule has 1 aliphatic heterocycles. The third kappa shape index (κ3) is 4.46. The average molecular weight is 267 g/mol. The predicted octanol–water partition coefficient (Wildman–Crippen LogP) is 4.14. The highest BCUT2D eigenvalue weighted by atomic mass is 16.5. The molecule has 19 heavy (non-hydrogen) atoms. The molecule has 0 aromatic rings. The number of hydrogen-bond donors (Lipinski definition) is 1. The van der Waals surface area contributed by atoms with Gasteiger partial charge in [0.2, 0.25) is 0 Å². The van der Waals surface area contributed by atoms with Crippen molar-refractivity contribution in [2.45, 2.75) is 83.3 Å². The van der Waals surface area contributed by atoms with Crippen molar-refractivity contribution in [3.63, 3.8) is 0 Å². The van der Waals surface area contributed by atoms with E-state index in [0.717, 1.165) is 24.5 Å². The number of rotatable bonds is 6. The van der Waals surface area contributed by atoms with Crippen LogP contribution in [0.2, 0.25) is 0 Å². The molecule has 1 aliphatic carbocycles. The second-order valence-electron chi connectivity index (χ2n) is 6.58. The minimum Gasteiger partial charge on any atom is -0.378 e. The fraction of sp³-hybridized carbons (Fsp3) is 1.00. The lowest BCUT2D eigenvalue weighted by molar-refractivity contribution is 0.00618. The van der Waals surface area contributed by atoms with Crippen molar-refractivity contribution in [1.29, 1.82) is 0 Å². The lowest BCUT2D eigenvalue weighted by Crippen LogP contribution is -2.40. The summed E-state index contributed by atoms with van der Waals surface area (Å²) < 4.78 is 5.89. The summed E-state index contributed by atoms with van der Waals surface area (Å²) in [5, 5.41) is 3.62. The van der Waals surface area contributed by atoms with E-state index in [4.69, 9.17) is 4.74 Å². The van der Waals surface area contributed by atoms with Crippen LogP contribution in [0, 0.1) is 11.8 Å². The molecular formula is C17H33NO. The van der Waals surface area contributed by atoms with E-state index >= 15 is 0 Å². The van der Waals surface area contributed by atoms with Crippen molar-refractivity contribution in [3.8, 4) is 0 Å². The maximum atomic E-state index is 5.89. The molecule has 1 heterocycles. The van der Waals surface area contributed by atoms with E-state index in [1.807, 2.05) is 0 Å². The van der Waals surface area contributed by atoms with Gasteiger partial charge in [0.15, 0.2) is 0 Å². The molecule has 2 nitrogen and oxygen atoms in total. The Bertz CT molecular complexity index is 237. The second-order valence-corrected chi connectivity index (χ2v) is 6.58. The van der Waals surface area contributed by atoms with E-state index in [9.17, 15) is 0 Å². The van der Waals surface area contributed by atoms with Gasteiger partial charge >= 0.3 is 0 Å². The fourth-order valence-corrected chi connectivity index (χ4v) is 4.25. The molecule has 0 aromatic carbocycles. The molecule has 0 spiro atoms. The zero-order valence-electron chi connectivity index (χ0n) is 13.0. The van der Waals surface area contributed by atoms with Crippen LogP contribution in [-0.2, 0) is 4.74 Å². The Morgan fingerprint density at radius 2 is 1.89 bits per heavy atom. The van der Waals surface area contributed by atoms with Gasteiger partial charge in [0, 0.05) is 12.6 Å². The Kier molecular flexibility index (Phi) is 6.66. The third-order valence-corrected chi connectivity index (χ3v) is 5.45. The Morgan fingerprint density at radius 1 is 1.11 bits per heavy atom. The zero-order chi connectivity index (χ0) is 13.5. The van der Waals surface area contributed by atoms with E-state index in [2.05, 4.69) is 19.3 Å². The van der Waals surface area contributed by atoms with E-state index in [1.54, 1.807) is 0 Å². The van der Waals surface area contributed by atoms with Gasteiger partial charge in [-0.2, -0.15) is 0 Å². The van der Waals surface area contributed by atoms with Crippen LogP contribution in [0.4, 0.5) is 0 Å². The average Bonchev–Trinajstić information content (AvgIpc) is 2.49. The Labute approximate surface area is 119 Å². The maximum Gasteiger partial charge on any atom is 0.0575 e. The second kappa shape index (κ2) is 8.26. The molecule has 0 aromatic heterocycles. The summed E-state index contributed by atoms with van der Waals surface area (Å²) >= 11 is 0. The van der Waals surface area contributed by atoms with Crippen LogP contribution < -0.4 is 5.32 Å². The van der Waals surface area contributed by atoms with Crippen molar-refractivity contribution in [2.75, 3.05) is 13.7 Å². The summed E-state index contributed by atoms with van der Waals surface area (Å²) in [7, 11) is 2.16. The van der Waals surface area contributed by atoms with Crippen molar-refractivity contribution in [1.82, 2.24) is 5.32 Å². The molecule has 1 N–H and O–H groups in total. The quantitative estimate of drug-likeness (QED) is 0.781. The Balaban J connectivity index is 1.80. The van der Waals surface area contributed by atoms with Crippen LogP contribution >= 0.6 is 0 Å². The van der Waals surface area contributed by atoms with Crippen LogP contribution in [0.3, 0.4) is 0 Å². The topological polar surface area (TPSA) is 21.3 Å². The minimum atomic E-state index is 0.549. The van der Waals surface area contributed by atoms with E-state index in [-0.39, 0.29) is 0 Å². The molecule has 1 saturated carbocycles. The van der Waals surface area contributed by atoms with Crippen molar-refractivity contribution in [3.05, 3.63) is 0 Å². The molecule has 1 saturated heterocycles. The third-order valence-electron chi connectivity index (χ3n) is 5.45. The molecule has 112 valence electrons. The molecule has 0 amide bonds. The van der Waals surface area contributed by atoms with E-state index in [0.29, 0.717) is 6.10 Å². The summed E-state index contributed by atoms with van der Waals surface area (Å²) in [6, 6.07) is 0.718. The van der Waals surface area contributed by atoms with Crippen LogP contribution in [0.5, 0.6) is 0 Å². The van der Waals surface area contributed by atoms with Gasteiger partial charge in [-0.05, 0) is 57.4 Å². The largest absolute Gasteiger partial charge is 0.378 e. The van der Waals surface area contributed by atoms with Gasteiger partial charge in [-0.3, -0.25) is 0 Å². The fourth-order valence-electron chi connectivity index (χ4n) is 4.25. The van der Waals surface area contributed by atoms with E-state index < -0.39 is 0 Å². The zero-order valence-corrected chi connectivity index (χ0v) is 13.0. The molecule has 0 bridgehead atoms. The first-order chi connectivity index (χ1) is 9.35. The lowest BCUT2D eigenvalue weighted by atomic mass is 9.73. The van der Waals surface area contributed by atoms with E-state index in [1.165, 1.54) is 64.2 Å². The van der Waals surface area contributed by atoms with Crippen LogP contribution in [-0.4, -0.2) is 25.8 Å². The Morgan fingerprint density at radius 3 is 2.58 bits per heavy atom. The van der Waals surface area contributed by atoms with Crippen LogP contribution in [0.15, 0.2) is 0 Å². The highest BCUT2D eigenvalue weighted by molar-refractivity contribution is 4.84. The summed E-state index contributed by atoms with van der Waals surface area (Å²) in [4.78, 5) is 0. The first-order valence-electron chi connectivity index (χ1n) is 8.64. The summed E-state index contributed by atoms with van der Waals surface area (Å²) in [6.07, 6.45) is 14.2. The summed E-state index contributed by atoms with van der Waals surface area (Å²) in [5.74, 6) is 1.87. The Hall–Kier alpha value is -0.0800. The van der Waals surface area contributed by atoms with Gasteiger partial charge in [-0.25, -0.2) is 0 Å². The first-order valence-corrected chi connectivity index (χ1v) is 8.64. The number of ether oxygens (including phenoxy) is 1. The molecular weight excluding hydrogens is 234 g/mol. The molecule has 0 radical (unpaired) electrons. The van der Waals surface area contributed by atoms with Gasteiger partial charge in [0.1, 0.15) is 0 Å². The molecule has 4 atom stereocenters. The lowest BCUT2D eigenvalue weighted by Gasteiger charge is -2.37.